The summed E-state index contributed by atoms with van der Waals surface area (Å²) in [6.45, 7) is 0. The fourth-order valence-corrected chi connectivity index (χ4v) is 4.63. The maximum atomic E-state index is 12.8. The second kappa shape index (κ2) is 11.5. The Labute approximate surface area is 234 Å². The number of hydrogen-bond donors (Lipinski definition) is 0. The first kappa shape index (κ1) is 24.9. The van der Waals surface area contributed by atoms with E-state index < -0.39 is 0 Å². The molecule has 0 radical (unpaired) electrons. The lowest BCUT2D eigenvalue weighted by molar-refractivity contribution is 0.104. The average molecular weight is 515 g/mol. The maximum absolute atomic E-state index is 12.8. The zero-order chi connectivity index (χ0) is 27.1. The van der Waals surface area contributed by atoms with Gasteiger partial charge in [-0.25, -0.2) is 9.97 Å². The predicted octanol–water partition coefficient (Wildman–Crippen LogP) is 9.04. The van der Waals surface area contributed by atoms with Crippen LogP contribution in [0.15, 0.2) is 152 Å². The van der Waals surface area contributed by atoms with Gasteiger partial charge in [0.25, 0.3) is 0 Å². The van der Waals surface area contributed by atoms with Crippen molar-refractivity contribution in [3.05, 3.63) is 163 Å². The summed E-state index contributed by atoms with van der Waals surface area (Å²) >= 11 is 0. The Hall–Kier alpha value is -5.41. The molecule has 5 aromatic carbocycles. The molecule has 3 heteroatoms. The fraction of sp³-hybridized carbons (Fsp3) is 0. The lowest BCUT2D eigenvalue weighted by atomic mass is 9.97. The van der Waals surface area contributed by atoms with Crippen LogP contribution in [0.25, 0.3) is 51.1 Å². The van der Waals surface area contributed by atoms with E-state index >= 15 is 0 Å². The van der Waals surface area contributed by atoms with Crippen molar-refractivity contribution in [2.45, 2.75) is 0 Å². The molecule has 6 rings (SSSR count). The van der Waals surface area contributed by atoms with Crippen LogP contribution in [0.1, 0.15) is 15.9 Å². The summed E-state index contributed by atoms with van der Waals surface area (Å²) in [5.74, 6) is 0.630. The first-order valence-corrected chi connectivity index (χ1v) is 13.2. The van der Waals surface area contributed by atoms with Gasteiger partial charge in [0.1, 0.15) is 0 Å². The molecule has 0 aliphatic heterocycles. The highest BCUT2D eigenvalue weighted by Gasteiger charge is 2.12. The standard InChI is InChI=1S/C37H26N2O/c40-36(30-17-9-3-10-18-30)22-21-27-23-32(28-13-5-1-6-14-28)25-33(24-27)35-26-34(29-15-7-2-8-16-29)38-37(39-35)31-19-11-4-12-20-31/h1-26H. The van der Waals surface area contributed by atoms with Gasteiger partial charge >= 0.3 is 0 Å². The number of carbonyl (C=O) groups is 1. The molecule has 190 valence electrons. The van der Waals surface area contributed by atoms with Crippen LogP contribution in [-0.2, 0) is 0 Å². The van der Waals surface area contributed by atoms with Crippen LogP contribution in [0, 0.1) is 0 Å². The Morgan fingerprint density at radius 1 is 0.475 bits per heavy atom. The van der Waals surface area contributed by atoms with Crippen molar-refractivity contribution in [1.82, 2.24) is 9.97 Å². The minimum atomic E-state index is -0.0352. The van der Waals surface area contributed by atoms with Crippen molar-refractivity contribution < 1.29 is 4.79 Å². The summed E-state index contributed by atoms with van der Waals surface area (Å²) in [5.41, 5.74) is 8.31. The van der Waals surface area contributed by atoms with E-state index in [0.717, 1.165) is 44.8 Å². The number of hydrogen-bond acceptors (Lipinski definition) is 3. The van der Waals surface area contributed by atoms with Gasteiger partial charge in [-0.3, -0.25) is 4.79 Å². The van der Waals surface area contributed by atoms with Crippen molar-refractivity contribution in [2.24, 2.45) is 0 Å². The molecule has 6 aromatic rings. The summed E-state index contributed by atoms with van der Waals surface area (Å²) < 4.78 is 0. The summed E-state index contributed by atoms with van der Waals surface area (Å²) in [6, 6.07) is 48.1. The molecular weight excluding hydrogens is 488 g/mol. The third-order valence-electron chi connectivity index (χ3n) is 6.67. The van der Waals surface area contributed by atoms with Gasteiger partial charge in [-0.15, -0.1) is 0 Å². The van der Waals surface area contributed by atoms with Crippen LogP contribution in [0.5, 0.6) is 0 Å². The highest BCUT2D eigenvalue weighted by atomic mass is 16.1. The van der Waals surface area contributed by atoms with Crippen molar-refractivity contribution in [2.75, 3.05) is 0 Å². The molecular formula is C37H26N2O. The minimum Gasteiger partial charge on any atom is -0.289 e. The minimum absolute atomic E-state index is 0.0352. The molecule has 40 heavy (non-hydrogen) atoms. The SMILES string of the molecule is O=C(C=Cc1cc(-c2ccccc2)cc(-c2cc(-c3ccccc3)nc(-c3ccccc3)n2)c1)c1ccccc1. The third-order valence-corrected chi connectivity index (χ3v) is 6.67. The molecule has 1 heterocycles. The number of ketones is 1. The van der Waals surface area contributed by atoms with E-state index in [4.69, 9.17) is 9.97 Å². The number of aromatic nitrogens is 2. The largest absolute Gasteiger partial charge is 0.289 e. The highest BCUT2D eigenvalue weighted by Crippen LogP contribution is 2.31. The van der Waals surface area contributed by atoms with E-state index in [2.05, 4.69) is 42.5 Å². The van der Waals surface area contributed by atoms with Crippen LogP contribution in [-0.4, -0.2) is 15.8 Å². The molecule has 0 aliphatic rings. The predicted molar refractivity (Wildman–Crippen MR) is 164 cm³/mol. The van der Waals surface area contributed by atoms with E-state index in [9.17, 15) is 4.79 Å². The molecule has 0 atom stereocenters. The molecule has 0 N–H and O–H groups in total. The molecule has 0 bridgehead atoms. The summed E-state index contributed by atoms with van der Waals surface area (Å²) in [4.78, 5) is 22.8. The second-order valence-electron chi connectivity index (χ2n) is 9.47. The smallest absolute Gasteiger partial charge is 0.185 e. The van der Waals surface area contributed by atoms with Crippen LogP contribution < -0.4 is 0 Å². The summed E-state index contributed by atoms with van der Waals surface area (Å²) in [7, 11) is 0. The lowest BCUT2D eigenvalue weighted by Crippen LogP contribution is -1.96. The summed E-state index contributed by atoms with van der Waals surface area (Å²) in [6.07, 6.45) is 3.51. The van der Waals surface area contributed by atoms with Gasteiger partial charge in [0.05, 0.1) is 11.4 Å². The zero-order valence-electron chi connectivity index (χ0n) is 21.8. The van der Waals surface area contributed by atoms with Crippen LogP contribution >= 0.6 is 0 Å². The molecule has 1 aromatic heterocycles. The molecule has 0 aliphatic carbocycles. The van der Waals surface area contributed by atoms with E-state index in [0.29, 0.717) is 11.4 Å². The first-order chi connectivity index (χ1) is 19.7. The Morgan fingerprint density at radius 3 is 1.60 bits per heavy atom. The van der Waals surface area contributed by atoms with E-state index in [1.165, 1.54) is 0 Å². The highest BCUT2D eigenvalue weighted by molar-refractivity contribution is 6.06. The number of benzene rings is 5. The van der Waals surface area contributed by atoms with Gasteiger partial charge in [0.15, 0.2) is 11.6 Å². The van der Waals surface area contributed by atoms with Crippen LogP contribution in [0.2, 0.25) is 0 Å². The van der Waals surface area contributed by atoms with Crippen molar-refractivity contribution in [1.29, 1.82) is 0 Å². The van der Waals surface area contributed by atoms with Gasteiger partial charge in [-0.05, 0) is 47.0 Å². The molecule has 0 fully saturated rings. The molecule has 0 spiro atoms. The monoisotopic (exact) mass is 514 g/mol. The van der Waals surface area contributed by atoms with E-state index in [-0.39, 0.29) is 5.78 Å². The first-order valence-electron chi connectivity index (χ1n) is 13.2. The number of rotatable bonds is 7. The molecule has 0 unspecified atom stereocenters. The quantitative estimate of drug-likeness (QED) is 0.158. The van der Waals surface area contributed by atoms with Crippen molar-refractivity contribution >= 4 is 11.9 Å². The number of carbonyl (C=O) groups excluding carboxylic acids is 1. The topological polar surface area (TPSA) is 42.9 Å². The molecule has 0 saturated carbocycles. The van der Waals surface area contributed by atoms with Crippen molar-refractivity contribution in [3.8, 4) is 45.0 Å². The van der Waals surface area contributed by atoms with Gasteiger partial charge < -0.3 is 0 Å². The van der Waals surface area contributed by atoms with Crippen LogP contribution in [0.3, 0.4) is 0 Å². The number of nitrogens with zero attached hydrogens (tertiary/aromatic N) is 2. The van der Waals surface area contributed by atoms with Gasteiger partial charge in [0.2, 0.25) is 0 Å². The Morgan fingerprint density at radius 2 is 0.975 bits per heavy atom. The van der Waals surface area contributed by atoms with Gasteiger partial charge in [-0.2, -0.15) is 0 Å². The average Bonchev–Trinajstić information content (AvgIpc) is 3.05. The van der Waals surface area contributed by atoms with Crippen LogP contribution in [0.4, 0.5) is 0 Å². The third kappa shape index (κ3) is 5.69. The number of allylic oxidation sites excluding steroid dienone is 1. The second-order valence-corrected chi connectivity index (χ2v) is 9.47. The molecule has 0 saturated heterocycles. The Balaban J connectivity index is 1.50. The van der Waals surface area contributed by atoms with E-state index in [1.54, 1.807) is 6.08 Å². The van der Waals surface area contributed by atoms with Gasteiger partial charge in [-0.1, -0.05) is 127 Å². The fourth-order valence-electron chi connectivity index (χ4n) is 4.63. The van der Waals surface area contributed by atoms with E-state index in [1.807, 2.05) is 109 Å². The maximum Gasteiger partial charge on any atom is 0.185 e. The van der Waals surface area contributed by atoms with Gasteiger partial charge in [0, 0.05) is 22.3 Å². The Bertz CT molecular complexity index is 1720. The lowest BCUT2D eigenvalue weighted by Gasteiger charge is -2.12. The molecule has 3 nitrogen and oxygen atoms in total. The Kier molecular flexibility index (Phi) is 7.19. The normalized spacial score (nSPS) is 11.0. The molecule has 0 amide bonds. The van der Waals surface area contributed by atoms with Crippen molar-refractivity contribution in [3.63, 3.8) is 0 Å². The zero-order valence-corrected chi connectivity index (χ0v) is 21.8. The summed E-state index contributed by atoms with van der Waals surface area (Å²) in [5, 5.41) is 0.